The molecule has 1 atom stereocenters. The van der Waals surface area contributed by atoms with Crippen LogP contribution in [0.5, 0.6) is 0 Å². The van der Waals surface area contributed by atoms with E-state index in [1.807, 2.05) is 13.8 Å². The van der Waals surface area contributed by atoms with Gasteiger partial charge in [-0.3, -0.25) is 4.79 Å². The largest absolute Gasteiger partial charge is 0.377 e. The number of benzene rings is 1. The van der Waals surface area contributed by atoms with Gasteiger partial charge in [0.2, 0.25) is 10.0 Å². The highest BCUT2D eigenvalue weighted by Gasteiger charge is 2.24. The number of rotatable bonds is 4. The van der Waals surface area contributed by atoms with E-state index >= 15 is 0 Å². The zero-order valence-electron chi connectivity index (χ0n) is 12.4. The van der Waals surface area contributed by atoms with Crippen LogP contribution in [0.25, 0.3) is 0 Å². The van der Waals surface area contributed by atoms with Crippen molar-refractivity contribution in [2.75, 3.05) is 12.4 Å². The van der Waals surface area contributed by atoms with E-state index < -0.39 is 15.9 Å². The van der Waals surface area contributed by atoms with Gasteiger partial charge < -0.3 is 4.74 Å². The summed E-state index contributed by atoms with van der Waals surface area (Å²) >= 11 is 0. The Hall–Kier alpha value is -1.40. The van der Waals surface area contributed by atoms with Crippen molar-refractivity contribution in [3.8, 4) is 0 Å². The molecule has 5 nitrogen and oxygen atoms in total. The van der Waals surface area contributed by atoms with Crippen molar-refractivity contribution in [2.45, 2.75) is 39.2 Å². The van der Waals surface area contributed by atoms with Crippen LogP contribution in [0.3, 0.4) is 0 Å². The number of sulfonamides is 1. The first-order valence-corrected chi connectivity index (χ1v) is 8.76. The van der Waals surface area contributed by atoms with E-state index in [-0.39, 0.29) is 11.9 Å². The minimum atomic E-state index is -3.68. The van der Waals surface area contributed by atoms with Gasteiger partial charge in [0.25, 0.3) is 5.91 Å². The Labute approximate surface area is 125 Å². The van der Waals surface area contributed by atoms with Crippen LogP contribution in [0.1, 0.15) is 40.7 Å². The number of amides is 1. The fourth-order valence-corrected chi connectivity index (χ4v) is 3.54. The summed E-state index contributed by atoms with van der Waals surface area (Å²) < 4.78 is 31.6. The lowest BCUT2D eigenvalue weighted by Gasteiger charge is -2.22. The Morgan fingerprint density at radius 2 is 2.05 bits per heavy atom. The molecule has 0 unspecified atom stereocenters. The number of aryl methyl sites for hydroxylation is 2. The molecule has 1 aromatic carbocycles. The van der Waals surface area contributed by atoms with E-state index in [0.29, 0.717) is 12.2 Å². The number of carbonyl (C=O) groups excluding carboxylic acids is 1. The third kappa shape index (κ3) is 4.54. The summed E-state index contributed by atoms with van der Waals surface area (Å²) in [6.07, 6.45) is 2.33. The number of nitrogens with one attached hydrogen (secondary N) is 1. The molecule has 0 bridgehead atoms. The second-order valence-corrected chi connectivity index (χ2v) is 7.27. The molecule has 0 aliphatic carbocycles. The second kappa shape index (κ2) is 6.58. The molecule has 21 heavy (non-hydrogen) atoms. The third-order valence-corrected chi connectivity index (χ3v) is 5.00. The lowest BCUT2D eigenvalue weighted by atomic mass is 10.1. The van der Waals surface area contributed by atoms with E-state index in [4.69, 9.17) is 4.74 Å². The molecule has 1 fully saturated rings. The van der Waals surface area contributed by atoms with E-state index in [1.54, 1.807) is 18.2 Å². The lowest BCUT2D eigenvalue weighted by Crippen LogP contribution is -2.38. The molecule has 0 aromatic heterocycles. The summed E-state index contributed by atoms with van der Waals surface area (Å²) in [5.41, 5.74) is 2.37. The molecule has 1 aromatic rings. The van der Waals surface area contributed by atoms with Crippen LogP contribution in [0.4, 0.5) is 0 Å². The Kier molecular flexibility index (Phi) is 5.00. The fraction of sp³-hybridized carbons (Fsp3) is 0.533. The standard InChI is InChI=1S/C15H21NO4S/c1-11-6-7-13(9-12(11)2)15(17)16-21(18,19)10-14-5-3-4-8-20-14/h6-7,9,14H,3-5,8,10H2,1-2H3,(H,16,17)/t14-/m1/s1. The van der Waals surface area contributed by atoms with E-state index in [0.717, 1.165) is 30.4 Å². The molecule has 2 rings (SSSR count). The molecular formula is C15H21NO4S. The maximum Gasteiger partial charge on any atom is 0.264 e. The normalized spacial score (nSPS) is 19.2. The van der Waals surface area contributed by atoms with Crippen molar-refractivity contribution in [3.63, 3.8) is 0 Å². The van der Waals surface area contributed by atoms with E-state index in [9.17, 15) is 13.2 Å². The van der Waals surface area contributed by atoms with Gasteiger partial charge in [-0.25, -0.2) is 13.1 Å². The van der Waals surface area contributed by atoms with Crippen LogP contribution in [0.2, 0.25) is 0 Å². The highest BCUT2D eigenvalue weighted by molar-refractivity contribution is 7.90. The average Bonchev–Trinajstić information content (AvgIpc) is 2.41. The Morgan fingerprint density at radius 3 is 2.67 bits per heavy atom. The first-order valence-electron chi connectivity index (χ1n) is 7.11. The molecule has 0 spiro atoms. The summed E-state index contributed by atoms with van der Waals surface area (Å²) in [5.74, 6) is -0.752. The Bertz CT molecular complexity index is 619. The highest BCUT2D eigenvalue weighted by atomic mass is 32.2. The molecule has 0 saturated carbocycles. The van der Waals surface area contributed by atoms with Crippen LogP contribution in [0, 0.1) is 13.8 Å². The third-order valence-electron chi connectivity index (χ3n) is 3.70. The maximum absolute atomic E-state index is 12.0. The fourth-order valence-electron chi connectivity index (χ4n) is 2.31. The molecule has 1 aliphatic heterocycles. The topological polar surface area (TPSA) is 72.5 Å². The van der Waals surface area contributed by atoms with Crippen LogP contribution in [-0.4, -0.2) is 32.8 Å². The van der Waals surface area contributed by atoms with Crippen LogP contribution >= 0.6 is 0 Å². The zero-order chi connectivity index (χ0) is 15.5. The summed E-state index contributed by atoms with van der Waals surface area (Å²) in [4.78, 5) is 12.0. The van der Waals surface area contributed by atoms with Gasteiger partial charge in [0.1, 0.15) is 0 Å². The SMILES string of the molecule is Cc1ccc(C(=O)NS(=O)(=O)C[C@H]2CCCCO2)cc1C. The predicted molar refractivity (Wildman–Crippen MR) is 80.8 cm³/mol. The zero-order valence-corrected chi connectivity index (χ0v) is 13.2. The number of hydrogen-bond acceptors (Lipinski definition) is 4. The first-order chi connectivity index (χ1) is 9.87. The number of carbonyl (C=O) groups is 1. The van der Waals surface area contributed by atoms with Crippen LogP contribution in [-0.2, 0) is 14.8 Å². The van der Waals surface area contributed by atoms with E-state index in [2.05, 4.69) is 4.72 Å². The van der Waals surface area contributed by atoms with Gasteiger partial charge in [-0.1, -0.05) is 6.07 Å². The molecule has 1 N–H and O–H groups in total. The Balaban J connectivity index is 2.01. The molecule has 1 saturated heterocycles. The van der Waals surface area contributed by atoms with Gasteiger partial charge in [0.05, 0.1) is 11.9 Å². The minimum absolute atomic E-state index is 0.163. The molecule has 0 radical (unpaired) electrons. The average molecular weight is 311 g/mol. The van der Waals surface area contributed by atoms with Gasteiger partial charge in [0, 0.05) is 12.2 Å². The molecule has 116 valence electrons. The first kappa shape index (κ1) is 16.0. The number of hydrogen-bond donors (Lipinski definition) is 1. The van der Waals surface area contributed by atoms with Gasteiger partial charge >= 0.3 is 0 Å². The van der Waals surface area contributed by atoms with Gasteiger partial charge in [-0.15, -0.1) is 0 Å². The predicted octanol–water partition coefficient (Wildman–Crippen LogP) is 1.93. The summed E-state index contributed by atoms with van der Waals surface area (Å²) in [5, 5.41) is 0. The van der Waals surface area contributed by atoms with Gasteiger partial charge in [0.15, 0.2) is 0 Å². The van der Waals surface area contributed by atoms with Gasteiger partial charge in [-0.2, -0.15) is 0 Å². The van der Waals surface area contributed by atoms with E-state index in [1.165, 1.54) is 0 Å². The smallest absolute Gasteiger partial charge is 0.264 e. The molecule has 1 heterocycles. The summed E-state index contributed by atoms with van der Waals surface area (Å²) in [6, 6.07) is 5.13. The molecule has 1 amide bonds. The van der Waals surface area contributed by atoms with Crippen molar-refractivity contribution in [1.29, 1.82) is 0 Å². The molecule has 6 heteroatoms. The van der Waals surface area contributed by atoms with Gasteiger partial charge in [-0.05, 0) is 56.4 Å². The summed E-state index contributed by atoms with van der Waals surface area (Å²) in [7, 11) is -3.68. The highest BCUT2D eigenvalue weighted by Crippen LogP contribution is 2.15. The molecular weight excluding hydrogens is 290 g/mol. The summed E-state index contributed by atoms with van der Waals surface area (Å²) in [6.45, 7) is 4.41. The van der Waals surface area contributed by atoms with Crippen LogP contribution in [0.15, 0.2) is 18.2 Å². The lowest BCUT2D eigenvalue weighted by molar-refractivity contribution is 0.0304. The second-order valence-electron chi connectivity index (χ2n) is 5.50. The van der Waals surface area contributed by atoms with Crippen molar-refractivity contribution < 1.29 is 17.9 Å². The quantitative estimate of drug-likeness (QED) is 0.922. The van der Waals surface area contributed by atoms with Crippen molar-refractivity contribution in [1.82, 2.24) is 4.72 Å². The van der Waals surface area contributed by atoms with Crippen LogP contribution < -0.4 is 4.72 Å². The minimum Gasteiger partial charge on any atom is -0.377 e. The van der Waals surface area contributed by atoms with Crippen molar-refractivity contribution in [3.05, 3.63) is 34.9 Å². The monoisotopic (exact) mass is 311 g/mol. The molecule has 1 aliphatic rings. The van der Waals surface area contributed by atoms with Crippen molar-refractivity contribution >= 4 is 15.9 Å². The maximum atomic E-state index is 12.0. The Morgan fingerprint density at radius 1 is 1.29 bits per heavy atom. The van der Waals surface area contributed by atoms with Crippen molar-refractivity contribution in [2.24, 2.45) is 0 Å². The number of ether oxygens (including phenoxy) is 1.